The van der Waals surface area contributed by atoms with Gasteiger partial charge in [-0.15, -0.1) is 0 Å². The summed E-state index contributed by atoms with van der Waals surface area (Å²) in [7, 11) is 8.97. The van der Waals surface area contributed by atoms with Crippen molar-refractivity contribution in [2.24, 2.45) is 0 Å². The summed E-state index contributed by atoms with van der Waals surface area (Å²) in [4.78, 5) is 26.8. The van der Waals surface area contributed by atoms with Crippen molar-refractivity contribution in [3.8, 4) is 0 Å². The molecule has 0 aromatic heterocycles. The third-order valence-electron chi connectivity index (χ3n) is 3.89. The van der Waals surface area contributed by atoms with Crippen molar-refractivity contribution in [3.05, 3.63) is 9.81 Å². The van der Waals surface area contributed by atoms with Crippen LogP contribution in [0.1, 0.15) is 12.8 Å². The van der Waals surface area contributed by atoms with E-state index in [0.29, 0.717) is 0 Å². The van der Waals surface area contributed by atoms with Gasteiger partial charge in [0.15, 0.2) is 0 Å². The van der Waals surface area contributed by atoms with Crippen molar-refractivity contribution >= 4 is 0 Å². The van der Waals surface area contributed by atoms with Crippen LogP contribution in [0.2, 0.25) is 0 Å². The van der Waals surface area contributed by atoms with Crippen molar-refractivity contribution < 1.29 is 47.8 Å². The van der Waals surface area contributed by atoms with Crippen molar-refractivity contribution in [2.75, 3.05) is 80.5 Å². The molecule has 13 heteroatoms. The van der Waals surface area contributed by atoms with Gasteiger partial charge in [0.25, 0.3) is 0 Å². The molecule has 0 amide bonds. The summed E-state index contributed by atoms with van der Waals surface area (Å²) in [5.41, 5.74) is 0. The predicted molar refractivity (Wildman–Crippen MR) is 93.6 cm³/mol. The van der Waals surface area contributed by atoms with Gasteiger partial charge in [-0.2, -0.15) is 0 Å². The molecule has 1 saturated heterocycles. The molecule has 1 aliphatic heterocycles. The summed E-state index contributed by atoms with van der Waals surface area (Å²) >= 11 is 0. The zero-order valence-corrected chi connectivity index (χ0v) is 17.7. The van der Waals surface area contributed by atoms with Crippen LogP contribution in [0, 0.1) is 9.81 Å². The monoisotopic (exact) mass is 443 g/mol. The standard InChI is InChI=1S/C14H32N4.Co.2H2NO3/c1-15-7-5-8-17(3)13-14-18(4)10-6-9-16(2)12-11-15;;2*2-1(3)4/h5-14H2,1-4H3;;2*(H2,2,3,4)/q;;2*+1. The van der Waals surface area contributed by atoms with Crippen LogP contribution in [-0.2, 0) is 16.8 Å². The second kappa shape index (κ2) is 19.5. The molecule has 0 aromatic rings. The molecule has 0 unspecified atom stereocenters. The van der Waals surface area contributed by atoms with Gasteiger partial charge in [0.05, 0.1) is 0 Å². The van der Waals surface area contributed by atoms with E-state index in [1.165, 1.54) is 65.2 Å². The van der Waals surface area contributed by atoms with Crippen molar-refractivity contribution in [3.63, 3.8) is 0 Å². The molecule has 0 saturated carbocycles. The van der Waals surface area contributed by atoms with E-state index in [1.54, 1.807) is 0 Å². The van der Waals surface area contributed by atoms with E-state index >= 15 is 0 Å². The van der Waals surface area contributed by atoms with Crippen LogP contribution in [0.5, 0.6) is 0 Å². The summed E-state index contributed by atoms with van der Waals surface area (Å²) < 4.78 is 0. The molecule has 1 aliphatic rings. The molecule has 0 bridgehead atoms. The maximum Gasteiger partial charge on any atom is 0.472 e. The molecule has 4 N–H and O–H groups in total. The molecule has 12 nitrogen and oxygen atoms in total. The van der Waals surface area contributed by atoms with E-state index in [4.69, 9.17) is 30.6 Å². The fourth-order valence-corrected chi connectivity index (χ4v) is 2.35. The fraction of sp³-hybridized carbons (Fsp3) is 1.00. The van der Waals surface area contributed by atoms with Gasteiger partial charge < -0.3 is 19.6 Å². The van der Waals surface area contributed by atoms with E-state index in [2.05, 4.69) is 47.8 Å². The molecule has 0 aromatic carbocycles. The SMILES string of the molecule is CN1CCCN(C)CCN(C)CCCN(C)CC1.O=[N+](O)O.O=[N+](O)O.[Co]. The third kappa shape index (κ3) is 29.7. The zero-order valence-electron chi connectivity index (χ0n) is 16.7. The normalized spacial score (nSPS) is 19.1. The number of rotatable bonds is 0. The van der Waals surface area contributed by atoms with Gasteiger partial charge in [-0.25, -0.2) is 20.8 Å². The molecule has 1 heterocycles. The minimum Gasteiger partial charge on any atom is -0.305 e. The number of hydrogen-bond donors (Lipinski definition) is 4. The van der Waals surface area contributed by atoms with Gasteiger partial charge >= 0.3 is 10.2 Å². The van der Waals surface area contributed by atoms with Crippen molar-refractivity contribution in [2.45, 2.75) is 12.8 Å². The zero-order chi connectivity index (χ0) is 20.5. The Morgan fingerprint density at radius 3 is 0.815 bits per heavy atom. The van der Waals surface area contributed by atoms with E-state index in [9.17, 15) is 0 Å². The number of likely N-dealkylation sites (N-methyl/N-ethyl adjacent to an activating group) is 4. The number of nitrogens with zero attached hydrogens (tertiary/aromatic N) is 6. The van der Waals surface area contributed by atoms with Crippen LogP contribution >= 0.6 is 0 Å². The van der Waals surface area contributed by atoms with Gasteiger partial charge in [0.1, 0.15) is 9.81 Å². The summed E-state index contributed by atoms with van der Waals surface area (Å²) in [6.45, 7) is 9.63. The van der Waals surface area contributed by atoms with Gasteiger partial charge in [-0.05, 0) is 67.2 Å². The Morgan fingerprint density at radius 1 is 0.519 bits per heavy atom. The second-order valence-electron chi connectivity index (χ2n) is 6.43. The first-order chi connectivity index (χ1) is 12.0. The third-order valence-corrected chi connectivity index (χ3v) is 3.89. The van der Waals surface area contributed by atoms with Crippen LogP contribution in [0.4, 0.5) is 0 Å². The molecule has 27 heavy (non-hydrogen) atoms. The Hall–Kier alpha value is -1.25. The Balaban J connectivity index is -0.000000543. The molecule has 1 fully saturated rings. The largest absolute Gasteiger partial charge is 0.472 e. The Bertz CT molecular complexity index is 320. The topological polar surface area (TPSA) is 134 Å². The van der Waals surface area contributed by atoms with Crippen LogP contribution < -0.4 is 0 Å². The molecule has 0 atom stereocenters. The van der Waals surface area contributed by atoms with E-state index < -0.39 is 10.2 Å². The van der Waals surface area contributed by atoms with Crippen molar-refractivity contribution in [1.29, 1.82) is 0 Å². The van der Waals surface area contributed by atoms with Gasteiger partial charge in [0, 0.05) is 43.0 Å². The average molecular weight is 443 g/mol. The first kappa shape index (κ1) is 30.5. The fourth-order valence-electron chi connectivity index (χ4n) is 2.35. The minimum atomic E-state index is -1.25. The minimum absolute atomic E-state index is 0. The summed E-state index contributed by atoms with van der Waals surface area (Å²) in [6.07, 6.45) is 2.56. The van der Waals surface area contributed by atoms with Gasteiger partial charge in [-0.3, -0.25) is 0 Å². The molecule has 0 aliphatic carbocycles. The van der Waals surface area contributed by atoms with E-state index in [1.807, 2.05) is 0 Å². The van der Waals surface area contributed by atoms with Crippen LogP contribution in [-0.4, -0.2) is 131 Å². The maximum absolute atomic E-state index is 8.47. The quantitative estimate of drug-likeness (QED) is 0.366. The maximum atomic E-state index is 8.47. The molecule has 0 spiro atoms. The Labute approximate surface area is 171 Å². The van der Waals surface area contributed by atoms with E-state index in [-0.39, 0.29) is 16.8 Å². The van der Waals surface area contributed by atoms with Crippen molar-refractivity contribution in [1.82, 2.24) is 19.6 Å². The van der Waals surface area contributed by atoms with Crippen LogP contribution in [0.25, 0.3) is 0 Å². The van der Waals surface area contributed by atoms with Crippen LogP contribution in [0.3, 0.4) is 0 Å². The smallest absolute Gasteiger partial charge is 0.305 e. The van der Waals surface area contributed by atoms with Gasteiger partial charge in [-0.1, -0.05) is 0 Å². The summed E-state index contributed by atoms with van der Waals surface area (Å²) in [5, 5.41) is 25.1. The summed E-state index contributed by atoms with van der Waals surface area (Å²) in [6, 6.07) is 0. The van der Waals surface area contributed by atoms with Crippen LogP contribution in [0.15, 0.2) is 0 Å². The van der Waals surface area contributed by atoms with E-state index in [0.717, 1.165) is 0 Å². The Morgan fingerprint density at radius 2 is 0.667 bits per heavy atom. The molecule has 1 radical (unpaired) electrons. The predicted octanol–water partition coefficient (Wildman–Crippen LogP) is -0.408. The molecule has 165 valence electrons. The molecular weight excluding hydrogens is 407 g/mol. The van der Waals surface area contributed by atoms with Gasteiger partial charge in [0.2, 0.25) is 0 Å². The average Bonchev–Trinajstić information content (AvgIpc) is 2.49. The second-order valence-corrected chi connectivity index (χ2v) is 6.43. The molecule has 1 rings (SSSR count). The Kier molecular flexibility index (Phi) is 22.0. The molecular formula is C14H36CoN6O6+2. The summed E-state index contributed by atoms with van der Waals surface area (Å²) in [5.74, 6) is 0. The first-order valence-corrected chi connectivity index (χ1v) is 8.48. The first-order valence-electron chi connectivity index (χ1n) is 8.48. The number of hydrogen-bond acceptors (Lipinski definition) is 6.